The Balaban J connectivity index is 1.72. The van der Waals surface area contributed by atoms with Crippen LogP contribution in [0.5, 0.6) is 5.75 Å². The van der Waals surface area contributed by atoms with E-state index in [0.717, 1.165) is 25.1 Å². The molecule has 2 heterocycles. The molecule has 2 aromatic carbocycles. The number of likely N-dealkylation sites (tertiary alicyclic amines) is 1. The molecule has 0 saturated carbocycles. The van der Waals surface area contributed by atoms with E-state index in [2.05, 4.69) is 54.2 Å². The van der Waals surface area contributed by atoms with Gasteiger partial charge in [0.15, 0.2) is 0 Å². The molecule has 3 aromatic rings. The molecular formula is C24H28N2O2. The number of H-pyrrole nitrogens is 1. The summed E-state index contributed by atoms with van der Waals surface area (Å²) in [7, 11) is 3.82. The first-order chi connectivity index (χ1) is 13.4. The summed E-state index contributed by atoms with van der Waals surface area (Å²) in [5.41, 5.74) is 5.06. The lowest BCUT2D eigenvalue weighted by Gasteiger charge is -2.56. The van der Waals surface area contributed by atoms with Crippen LogP contribution in [0.25, 0.3) is 10.9 Å². The molecule has 5 rings (SSSR count). The number of β-amino-alcohol motifs (C(OH)–C–C–N with tert-alkyl or cyclic N) is 1. The van der Waals surface area contributed by atoms with Gasteiger partial charge in [0.05, 0.1) is 12.7 Å². The van der Waals surface area contributed by atoms with E-state index >= 15 is 0 Å². The fourth-order valence-electron chi connectivity index (χ4n) is 5.57. The molecule has 1 fully saturated rings. The van der Waals surface area contributed by atoms with Crippen molar-refractivity contribution in [3.8, 4) is 5.75 Å². The minimum absolute atomic E-state index is 0.309. The minimum Gasteiger partial charge on any atom is -0.497 e. The molecule has 1 aliphatic heterocycles. The van der Waals surface area contributed by atoms with Gasteiger partial charge in [-0.2, -0.15) is 0 Å². The normalized spacial score (nSPS) is 27.4. The first-order valence-corrected chi connectivity index (χ1v) is 10.1. The second-order valence-electron chi connectivity index (χ2n) is 8.82. The molecule has 2 atom stereocenters. The van der Waals surface area contributed by atoms with Crippen LogP contribution < -0.4 is 4.74 Å². The van der Waals surface area contributed by atoms with E-state index in [9.17, 15) is 5.11 Å². The first-order valence-electron chi connectivity index (χ1n) is 10.1. The number of rotatable bonds is 2. The van der Waals surface area contributed by atoms with Crippen molar-refractivity contribution >= 4 is 10.9 Å². The van der Waals surface area contributed by atoms with Gasteiger partial charge in [-0.15, -0.1) is 0 Å². The quantitative estimate of drug-likeness (QED) is 0.719. The van der Waals surface area contributed by atoms with Gasteiger partial charge in [0.1, 0.15) is 5.75 Å². The molecule has 0 bridgehead atoms. The molecule has 1 aromatic heterocycles. The third-order valence-corrected chi connectivity index (χ3v) is 7.06. The lowest BCUT2D eigenvalue weighted by Crippen LogP contribution is -2.65. The van der Waals surface area contributed by atoms with Crippen LogP contribution in [0.15, 0.2) is 42.5 Å². The van der Waals surface area contributed by atoms with Crippen LogP contribution in [-0.2, 0) is 18.3 Å². The van der Waals surface area contributed by atoms with E-state index in [-0.39, 0.29) is 5.41 Å². The Hall–Kier alpha value is -2.30. The molecular weight excluding hydrogens is 348 g/mol. The zero-order valence-corrected chi connectivity index (χ0v) is 16.9. The van der Waals surface area contributed by atoms with Gasteiger partial charge in [-0.1, -0.05) is 23.8 Å². The molecule has 0 radical (unpaired) electrons. The molecule has 4 heteroatoms. The van der Waals surface area contributed by atoms with Gasteiger partial charge in [-0.25, -0.2) is 0 Å². The number of aromatic nitrogens is 1. The number of aryl methyl sites for hydroxylation is 1. The zero-order valence-electron chi connectivity index (χ0n) is 16.9. The van der Waals surface area contributed by atoms with Crippen LogP contribution in [0, 0.1) is 6.92 Å². The minimum atomic E-state index is -0.807. The van der Waals surface area contributed by atoms with Crippen molar-refractivity contribution in [2.24, 2.45) is 0 Å². The van der Waals surface area contributed by atoms with Crippen molar-refractivity contribution in [2.45, 2.75) is 37.2 Å². The first kappa shape index (κ1) is 17.8. The molecule has 2 N–H and O–H groups in total. The fraction of sp³-hybridized carbons (Fsp3) is 0.417. The van der Waals surface area contributed by atoms with E-state index < -0.39 is 5.60 Å². The van der Waals surface area contributed by atoms with E-state index in [0.29, 0.717) is 13.0 Å². The summed E-state index contributed by atoms with van der Waals surface area (Å²) in [6, 6.07) is 14.9. The average Bonchev–Trinajstić information content (AvgIpc) is 3.01. The molecule has 28 heavy (non-hydrogen) atoms. The fourth-order valence-corrected chi connectivity index (χ4v) is 5.57. The van der Waals surface area contributed by atoms with Gasteiger partial charge < -0.3 is 19.7 Å². The highest BCUT2D eigenvalue weighted by Gasteiger charge is 2.57. The Morgan fingerprint density at radius 2 is 2.00 bits per heavy atom. The SMILES string of the molecule is COc1cccc(C23CCN(C)CC2(O)Cc2c([nH]c4ccc(C)cc24)C3)c1. The van der Waals surface area contributed by atoms with Crippen LogP contribution in [0.3, 0.4) is 0 Å². The van der Waals surface area contributed by atoms with Gasteiger partial charge >= 0.3 is 0 Å². The second-order valence-corrected chi connectivity index (χ2v) is 8.82. The third kappa shape index (κ3) is 2.44. The van der Waals surface area contributed by atoms with Crippen LogP contribution in [0.4, 0.5) is 0 Å². The highest BCUT2D eigenvalue weighted by Crippen LogP contribution is 2.51. The number of hydrogen-bond donors (Lipinski definition) is 2. The number of aliphatic hydroxyl groups is 1. The van der Waals surface area contributed by atoms with Gasteiger partial charge in [-0.05, 0) is 62.3 Å². The molecule has 2 unspecified atom stereocenters. The van der Waals surface area contributed by atoms with Crippen LogP contribution in [0.2, 0.25) is 0 Å². The third-order valence-electron chi connectivity index (χ3n) is 7.06. The molecule has 4 nitrogen and oxygen atoms in total. The maximum Gasteiger partial charge on any atom is 0.119 e. The van der Waals surface area contributed by atoms with Crippen molar-refractivity contribution in [1.29, 1.82) is 0 Å². The topological polar surface area (TPSA) is 48.5 Å². The van der Waals surface area contributed by atoms with Gasteiger partial charge in [-0.3, -0.25) is 0 Å². The standard InChI is InChI=1S/C24H28N2O2/c1-16-7-8-21-19(11-16)20-13-24(27)15-26(2)10-9-23(24,14-22(20)25-21)17-5-4-6-18(12-17)28-3/h4-8,11-12,25,27H,9-10,13-15H2,1-3H3. The Morgan fingerprint density at radius 1 is 1.14 bits per heavy atom. The smallest absolute Gasteiger partial charge is 0.119 e. The maximum atomic E-state index is 12.1. The summed E-state index contributed by atoms with van der Waals surface area (Å²) in [5, 5.41) is 13.4. The number of likely N-dealkylation sites (N-methyl/N-ethyl adjacent to an activating group) is 1. The van der Waals surface area contributed by atoms with E-state index in [1.54, 1.807) is 7.11 Å². The Labute approximate surface area is 166 Å². The predicted octanol–water partition coefficient (Wildman–Crippen LogP) is 3.59. The summed E-state index contributed by atoms with van der Waals surface area (Å²) in [4.78, 5) is 5.94. The van der Waals surface area contributed by atoms with E-state index in [4.69, 9.17) is 4.74 Å². The summed E-state index contributed by atoms with van der Waals surface area (Å²) < 4.78 is 5.51. The largest absolute Gasteiger partial charge is 0.497 e. The average molecular weight is 377 g/mol. The van der Waals surface area contributed by atoms with Crippen molar-refractivity contribution in [1.82, 2.24) is 9.88 Å². The van der Waals surface area contributed by atoms with Crippen molar-refractivity contribution in [2.75, 3.05) is 27.2 Å². The molecule has 0 amide bonds. The van der Waals surface area contributed by atoms with E-state index in [1.807, 2.05) is 12.1 Å². The number of piperidine rings is 1. The monoisotopic (exact) mass is 376 g/mol. The number of fused-ring (bicyclic) bond motifs is 4. The Kier molecular flexibility index (Phi) is 3.87. The van der Waals surface area contributed by atoms with Gasteiger partial charge in [0.2, 0.25) is 0 Å². The van der Waals surface area contributed by atoms with Crippen molar-refractivity contribution in [3.63, 3.8) is 0 Å². The Morgan fingerprint density at radius 3 is 2.82 bits per heavy atom. The van der Waals surface area contributed by atoms with Crippen molar-refractivity contribution in [3.05, 3.63) is 64.8 Å². The highest BCUT2D eigenvalue weighted by molar-refractivity contribution is 5.86. The molecule has 1 saturated heterocycles. The molecule has 146 valence electrons. The lowest BCUT2D eigenvalue weighted by atomic mass is 9.56. The van der Waals surface area contributed by atoms with Crippen molar-refractivity contribution < 1.29 is 9.84 Å². The zero-order chi connectivity index (χ0) is 19.5. The maximum absolute atomic E-state index is 12.1. The van der Waals surface area contributed by atoms with Crippen LogP contribution in [-0.4, -0.2) is 47.8 Å². The summed E-state index contributed by atoms with van der Waals surface area (Å²) in [5.74, 6) is 0.853. The molecule has 2 aliphatic rings. The highest BCUT2D eigenvalue weighted by atomic mass is 16.5. The molecule has 1 aliphatic carbocycles. The number of hydrogen-bond acceptors (Lipinski definition) is 3. The van der Waals surface area contributed by atoms with Gasteiger partial charge in [0.25, 0.3) is 0 Å². The lowest BCUT2D eigenvalue weighted by molar-refractivity contribution is -0.0972. The molecule has 0 spiro atoms. The summed E-state index contributed by atoms with van der Waals surface area (Å²) in [6.07, 6.45) is 2.43. The second kappa shape index (κ2) is 6.10. The number of nitrogens with one attached hydrogen (secondary N) is 1. The van der Waals surface area contributed by atoms with Gasteiger partial charge in [0, 0.05) is 41.4 Å². The summed E-state index contributed by atoms with van der Waals surface area (Å²) in [6.45, 7) is 3.79. The van der Waals surface area contributed by atoms with Crippen LogP contribution in [0.1, 0.15) is 28.8 Å². The van der Waals surface area contributed by atoms with Crippen LogP contribution >= 0.6 is 0 Å². The summed E-state index contributed by atoms with van der Waals surface area (Å²) >= 11 is 0. The number of benzene rings is 2. The number of aromatic amines is 1. The number of nitrogens with zero attached hydrogens (tertiary/aromatic N) is 1. The Bertz CT molecular complexity index is 1060. The predicted molar refractivity (Wildman–Crippen MR) is 112 cm³/mol. The number of ether oxygens (including phenoxy) is 1. The number of methoxy groups -OCH3 is 1. The van der Waals surface area contributed by atoms with E-state index in [1.165, 1.54) is 33.3 Å².